The zero-order valence-corrected chi connectivity index (χ0v) is 11.1. The molecular formula is C14H20N2O3. The highest BCUT2D eigenvalue weighted by atomic mass is 16.5. The summed E-state index contributed by atoms with van der Waals surface area (Å²) < 4.78 is 5.28. The number of hydrogen-bond donors (Lipinski definition) is 2. The molecule has 0 amide bonds. The van der Waals surface area contributed by atoms with Crippen LogP contribution in [0.15, 0.2) is 18.2 Å². The van der Waals surface area contributed by atoms with Crippen LogP contribution in [-0.4, -0.2) is 35.8 Å². The summed E-state index contributed by atoms with van der Waals surface area (Å²) in [4.78, 5) is 15.7. The summed E-state index contributed by atoms with van der Waals surface area (Å²) in [7, 11) is 0. The zero-order valence-electron chi connectivity index (χ0n) is 11.1. The van der Waals surface area contributed by atoms with Crippen LogP contribution in [0.25, 0.3) is 0 Å². The van der Waals surface area contributed by atoms with Gasteiger partial charge in [-0.05, 0) is 37.8 Å². The summed E-state index contributed by atoms with van der Waals surface area (Å²) in [6.07, 6.45) is 1.64. The molecule has 0 spiro atoms. The molecule has 5 heteroatoms. The fourth-order valence-corrected chi connectivity index (χ4v) is 2.43. The highest BCUT2D eigenvalue weighted by molar-refractivity contribution is 5.71. The lowest BCUT2D eigenvalue weighted by Crippen LogP contribution is -2.34. The van der Waals surface area contributed by atoms with Crippen molar-refractivity contribution in [2.45, 2.75) is 19.8 Å². The van der Waals surface area contributed by atoms with E-state index in [4.69, 9.17) is 4.74 Å². The number of aromatic nitrogens is 1. The van der Waals surface area contributed by atoms with Crippen molar-refractivity contribution < 1.29 is 14.6 Å². The van der Waals surface area contributed by atoms with Crippen LogP contribution in [0, 0.1) is 18.8 Å². The van der Waals surface area contributed by atoms with E-state index >= 15 is 0 Å². The zero-order chi connectivity index (χ0) is 13.7. The lowest BCUT2D eigenvalue weighted by atomic mass is 9.86. The second-order valence-electron chi connectivity index (χ2n) is 4.94. The number of pyridine rings is 1. The number of ether oxygens (including phenoxy) is 1. The van der Waals surface area contributed by atoms with Gasteiger partial charge in [0.2, 0.25) is 0 Å². The van der Waals surface area contributed by atoms with Gasteiger partial charge in [0.25, 0.3) is 0 Å². The summed E-state index contributed by atoms with van der Waals surface area (Å²) in [5, 5.41) is 12.5. The molecule has 1 unspecified atom stereocenters. The van der Waals surface area contributed by atoms with Crippen LogP contribution < -0.4 is 5.32 Å². The predicted molar refractivity (Wildman–Crippen MR) is 72.1 cm³/mol. The standard InChI is InChI=1S/C14H20N2O3/c1-10-3-2-4-13(16-10)15-9-12(14(17)18)11-5-7-19-8-6-11/h2-4,11-12H,5-9H2,1H3,(H,15,16)(H,17,18). The Hall–Kier alpha value is -1.62. The molecule has 0 saturated carbocycles. The van der Waals surface area contributed by atoms with Crippen molar-refractivity contribution >= 4 is 11.8 Å². The first kappa shape index (κ1) is 13.8. The molecular weight excluding hydrogens is 244 g/mol. The Labute approximate surface area is 113 Å². The van der Waals surface area contributed by atoms with Gasteiger partial charge in [0, 0.05) is 25.5 Å². The van der Waals surface area contributed by atoms with Crippen molar-refractivity contribution in [3.63, 3.8) is 0 Å². The number of carboxylic acid groups (broad SMARTS) is 1. The Morgan fingerprint density at radius 1 is 1.53 bits per heavy atom. The lowest BCUT2D eigenvalue weighted by Gasteiger charge is -2.27. The molecule has 1 atom stereocenters. The van der Waals surface area contributed by atoms with Crippen molar-refractivity contribution in [3.05, 3.63) is 23.9 Å². The maximum atomic E-state index is 11.4. The number of hydrogen-bond acceptors (Lipinski definition) is 4. The normalized spacial score (nSPS) is 17.9. The maximum Gasteiger partial charge on any atom is 0.308 e. The van der Waals surface area contributed by atoms with Gasteiger partial charge in [0.1, 0.15) is 5.82 Å². The summed E-state index contributed by atoms with van der Waals surface area (Å²) in [6, 6.07) is 5.68. The Kier molecular flexibility index (Phi) is 4.74. The lowest BCUT2D eigenvalue weighted by molar-refractivity contribution is -0.144. The average Bonchev–Trinajstić information content (AvgIpc) is 2.40. The number of carboxylic acids is 1. The van der Waals surface area contributed by atoms with Crippen molar-refractivity contribution in [2.24, 2.45) is 11.8 Å². The fraction of sp³-hybridized carbons (Fsp3) is 0.571. The Morgan fingerprint density at radius 3 is 2.89 bits per heavy atom. The van der Waals surface area contributed by atoms with Crippen molar-refractivity contribution in [2.75, 3.05) is 25.1 Å². The fourth-order valence-electron chi connectivity index (χ4n) is 2.43. The minimum absolute atomic E-state index is 0.184. The van der Waals surface area contributed by atoms with Crippen LogP contribution in [0.1, 0.15) is 18.5 Å². The Balaban J connectivity index is 1.95. The van der Waals surface area contributed by atoms with Gasteiger partial charge in [0.05, 0.1) is 5.92 Å². The first-order valence-electron chi connectivity index (χ1n) is 6.65. The van der Waals surface area contributed by atoms with Gasteiger partial charge in [0.15, 0.2) is 0 Å². The molecule has 1 aliphatic rings. The minimum Gasteiger partial charge on any atom is -0.481 e. The van der Waals surface area contributed by atoms with Gasteiger partial charge >= 0.3 is 5.97 Å². The number of aliphatic carboxylic acids is 1. The Bertz CT molecular complexity index is 430. The van der Waals surface area contributed by atoms with Gasteiger partial charge in [-0.2, -0.15) is 0 Å². The topological polar surface area (TPSA) is 71.5 Å². The number of carbonyl (C=O) groups is 1. The summed E-state index contributed by atoms with van der Waals surface area (Å²) in [6.45, 7) is 3.66. The molecule has 0 radical (unpaired) electrons. The van der Waals surface area contributed by atoms with E-state index in [9.17, 15) is 9.90 Å². The van der Waals surface area contributed by atoms with Crippen molar-refractivity contribution in [1.29, 1.82) is 0 Å². The molecule has 2 rings (SSSR count). The smallest absolute Gasteiger partial charge is 0.308 e. The molecule has 2 N–H and O–H groups in total. The van der Waals surface area contributed by atoms with Crippen LogP contribution in [0.5, 0.6) is 0 Å². The molecule has 0 aliphatic carbocycles. The monoisotopic (exact) mass is 264 g/mol. The molecule has 1 aliphatic heterocycles. The third-order valence-electron chi connectivity index (χ3n) is 3.54. The highest BCUT2D eigenvalue weighted by Crippen LogP contribution is 2.24. The number of anilines is 1. The molecule has 1 aromatic rings. The van der Waals surface area contributed by atoms with Gasteiger partial charge in [-0.15, -0.1) is 0 Å². The average molecular weight is 264 g/mol. The first-order chi connectivity index (χ1) is 9.16. The van der Waals surface area contributed by atoms with Crippen LogP contribution in [-0.2, 0) is 9.53 Å². The van der Waals surface area contributed by atoms with E-state index in [2.05, 4.69) is 10.3 Å². The molecule has 19 heavy (non-hydrogen) atoms. The SMILES string of the molecule is Cc1cccc(NCC(C(=O)O)C2CCOCC2)n1. The third kappa shape index (κ3) is 3.92. The van der Waals surface area contributed by atoms with E-state index in [0.717, 1.165) is 24.4 Å². The second-order valence-corrected chi connectivity index (χ2v) is 4.94. The van der Waals surface area contributed by atoms with Crippen molar-refractivity contribution in [3.8, 4) is 0 Å². The number of rotatable bonds is 5. The highest BCUT2D eigenvalue weighted by Gasteiger charge is 2.29. The molecule has 1 fully saturated rings. The van der Waals surface area contributed by atoms with E-state index < -0.39 is 5.97 Å². The molecule has 104 valence electrons. The van der Waals surface area contributed by atoms with E-state index in [1.54, 1.807) is 0 Å². The van der Waals surface area contributed by atoms with Crippen LogP contribution in [0.3, 0.4) is 0 Å². The second kappa shape index (κ2) is 6.52. The van der Waals surface area contributed by atoms with E-state index in [-0.39, 0.29) is 11.8 Å². The third-order valence-corrected chi connectivity index (χ3v) is 3.54. The van der Waals surface area contributed by atoms with E-state index in [1.165, 1.54) is 0 Å². The molecule has 1 aromatic heterocycles. The molecule has 2 heterocycles. The number of aryl methyl sites for hydroxylation is 1. The summed E-state index contributed by atoms with van der Waals surface area (Å²) in [5.41, 5.74) is 0.919. The predicted octanol–water partition coefficient (Wildman–Crippen LogP) is 1.93. The summed E-state index contributed by atoms with van der Waals surface area (Å²) in [5.74, 6) is -0.208. The van der Waals surface area contributed by atoms with Crippen LogP contribution in [0.4, 0.5) is 5.82 Å². The molecule has 0 aromatic carbocycles. The van der Waals surface area contributed by atoms with Gasteiger partial charge in [-0.25, -0.2) is 4.98 Å². The van der Waals surface area contributed by atoms with Gasteiger partial charge in [-0.3, -0.25) is 4.79 Å². The maximum absolute atomic E-state index is 11.4. The van der Waals surface area contributed by atoms with E-state index in [1.807, 2.05) is 25.1 Å². The largest absolute Gasteiger partial charge is 0.481 e. The minimum atomic E-state index is -0.743. The van der Waals surface area contributed by atoms with Crippen molar-refractivity contribution in [1.82, 2.24) is 4.98 Å². The molecule has 5 nitrogen and oxygen atoms in total. The molecule has 0 bridgehead atoms. The number of nitrogens with one attached hydrogen (secondary N) is 1. The van der Waals surface area contributed by atoms with Crippen LogP contribution in [0.2, 0.25) is 0 Å². The quantitative estimate of drug-likeness (QED) is 0.850. The van der Waals surface area contributed by atoms with Gasteiger partial charge < -0.3 is 15.2 Å². The first-order valence-corrected chi connectivity index (χ1v) is 6.65. The van der Waals surface area contributed by atoms with Crippen LogP contribution >= 0.6 is 0 Å². The summed E-state index contributed by atoms with van der Waals surface area (Å²) >= 11 is 0. The van der Waals surface area contributed by atoms with Gasteiger partial charge in [-0.1, -0.05) is 6.07 Å². The Morgan fingerprint density at radius 2 is 2.26 bits per heavy atom. The number of nitrogens with zero attached hydrogens (tertiary/aromatic N) is 1. The van der Waals surface area contributed by atoms with E-state index in [0.29, 0.717) is 19.8 Å². The molecule has 1 saturated heterocycles.